The van der Waals surface area contributed by atoms with Crippen LogP contribution in [0.4, 0.5) is 10.1 Å². The molecule has 1 aromatic heterocycles. The van der Waals surface area contributed by atoms with Crippen molar-refractivity contribution < 1.29 is 18.7 Å². The number of rotatable bonds is 6. The van der Waals surface area contributed by atoms with Gasteiger partial charge >= 0.3 is 0 Å². The average molecular weight is 428 g/mol. The number of anilines is 1. The summed E-state index contributed by atoms with van der Waals surface area (Å²) in [5, 5.41) is 11.4. The van der Waals surface area contributed by atoms with Crippen LogP contribution in [0.25, 0.3) is 11.4 Å². The van der Waals surface area contributed by atoms with Crippen molar-refractivity contribution in [1.29, 1.82) is 0 Å². The van der Waals surface area contributed by atoms with Crippen molar-refractivity contribution in [2.75, 3.05) is 12.1 Å². The number of benzene rings is 2. The standard InChI is InChI=1S/C21H21FN4O3S/c1-12(2)26-19(15-6-4-5-7-16(15)22)24-25-21(26)30-13(3)20(27)23-14-8-9-17-18(10-14)29-11-28-17/h4-10,12-13H,11H2,1-3H3,(H,23,27). The second-order valence-electron chi connectivity index (χ2n) is 7.07. The molecule has 0 saturated heterocycles. The summed E-state index contributed by atoms with van der Waals surface area (Å²) in [6, 6.07) is 11.7. The van der Waals surface area contributed by atoms with E-state index in [1.807, 2.05) is 18.4 Å². The van der Waals surface area contributed by atoms with Crippen LogP contribution in [0.1, 0.15) is 26.8 Å². The normalized spacial score (nSPS) is 13.5. The van der Waals surface area contributed by atoms with E-state index in [0.717, 1.165) is 0 Å². The van der Waals surface area contributed by atoms with Gasteiger partial charge in [-0.3, -0.25) is 9.36 Å². The maximum Gasteiger partial charge on any atom is 0.237 e. The molecule has 30 heavy (non-hydrogen) atoms. The zero-order valence-electron chi connectivity index (χ0n) is 16.8. The van der Waals surface area contributed by atoms with Crippen LogP contribution < -0.4 is 14.8 Å². The van der Waals surface area contributed by atoms with E-state index in [-0.39, 0.29) is 24.6 Å². The Kier molecular flexibility index (Phi) is 5.63. The first-order valence-corrected chi connectivity index (χ1v) is 10.4. The van der Waals surface area contributed by atoms with Gasteiger partial charge < -0.3 is 14.8 Å². The third-order valence-electron chi connectivity index (χ3n) is 4.59. The lowest BCUT2D eigenvalue weighted by molar-refractivity contribution is -0.115. The van der Waals surface area contributed by atoms with Gasteiger partial charge in [-0.25, -0.2) is 4.39 Å². The van der Waals surface area contributed by atoms with E-state index in [2.05, 4.69) is 15.5 Å². The molecule has 1 aliphatic heterocycles. The smallest absolute Gasteiger partial charge is 0.237 e. The van der Waals surface area contributed by atoms with Crippen molar-refractivity contribution in [3.8, 4) is 22.9 Å². The van der Waals surface area contributed by atoms with Crippen LogP contribution in [-0.2, 0) is 4.79 Å². The molecule has 1 atom stereocenters. The lowest BCUT2D eigenvalue weighted by Crippen LogP contribution is -2.23. The summed E-state index contributed by atoms with van der Waals surface area (Å²) >= 11 is 1.27. The van der Waals surface area contributed by atoms with E-state index in [0.29, 0.717) is 33.7 Å². The van der Waals surface area contributed by atoms with E-state index in [1.54, 1.807) is 43.3 Å². The number of hydrogen-bond acceptors (Lipinski definition) is 6. The van der Waals surface area contributed by atoms with Gasteiger partial charge in [0.1, 0.15) is 5.82 Å². The Morgan fingerprint density at radius 3 is 2.67 bits per heavy atom. The molecule has 0 radical (unpaired) electrons. The lowest BCUT2D eigenvalue weighted by atomic mass is 10.2. The number of hydrogen-bond donors (Lipinski definition) is 1. The van der Waals surface area contributed by atoms with Gasteiger partial charge in [-0.1, -0.05) is 23.9 Å². The van der Waals surface area contributed by atoms with Crippen LogP contribution in [0.2, 0.25) is 0 Å². The summed E-state index contributed by atoms with van der Waals surface area (Å²) in [5.41, 5.74) is 0.997. The van der Waals surface area contributed by atoms with Gasteiger partial charge in [0, 0.05) is 17.8 Å². The number of ether oxygens (including phenoxy) is 2. The van der Waals surface area contributed by atoms with Crippen LogP contribution in [0.5, 0.6) is 11.5 Å². The summed E-state index contributed by atoms with van der Waals surface area (Å²) in [6.07, 6.45) is 0. The first-order valence-electron chi connectivity index (χ1n) is 9.51. The van der Waals surface area contributed by atoms with Crippen molar-refractivity contribution in [2.24, 2.45) is 0 Å². The van der Waals surface area contributed by atoms with Crippen molar-refractivity contribution in [3.63, 3.8) is 0 Å². The molecule has 9 heteroatoms. The van der Waals surface area contributed by atoms with E-state index in [9.17, 15) is 9.18 Å². The molecule has 0 fully saturated rings. The Hall–Kier alpha value is -3.07. The third kappa shape index (κ3) is 3.97. The maximum atomic E-state index is 14.3. The molecule has 0 aliphatic carbocycles. The number of halogens is 1. The molecule has 0 bridgehead atoms. The molecule has 1 amide bonds. The molecular formula is C21H21FN4O3S. The number of amides is 1. The van der Waals surface area contributed by atoms with Crippen molar-refractivity contribution in [2.45, 2.75) is 37.2 Å². The Balaban J connectivity index is 1.52. The van der Waals surface area contributed by atoms with Gasteiger partial charge in [0.2, 0.25) is 12.7 Å². The highest BCUT2D eigenvalue weighted by Gasteiger charge is 2.24. The molecule has 2 aromatic carbocycles. The fourth-order valence-corrected chi connectivity index (χ4v) is 4.06. The number of aromatic nitrogens is 3. The summed E-state index contributed by atoms with van der Waals surface area (Å²) in [6.45, 7) is 5.90. The molecule has 0 saturated carbocycles. The van der Waals surface area contributed by atoms with E-state index >= 15 is 0 Å². The van der Waals surface area contributed by atoms with Crippen molar-refractivity contribution >= 4 is 23.4 Å². The highest BCUT2D eigenvalue weighted by molar-refractivity contribution is 8.00. The van der Waals surface area contributed by atoms with Crippen LogP contribution in [0, 0.1) is 5.82 Å². The second-order valence-corrected chi connectivity index (χ2v) is 8.38. The minimum Gasteiger partial charge on any atom is -0.454 e. The van der Waals surface area contributed by atoms with E-state index in [1.165, 1.54) is 17.8 Å². The molecule has 1 N–H and O–H groups in total. The number of thioether (sulfide) groups is 1. The predicted octanol–water partition coefficient (Wildman–Crippen LogP) is 4.51. The quantitative estimate of drug-likeness (QED) is 0.582. The fraction of sp³-hybridized carbons (Fsp3) is 0.286. The van der Waals surface area contributed by atoms with Crippen LogP contribution in [0.15, 0.2) is 47.6 Å². The predicted molar refractivity (Wildman–Crippen MR) is 112 cm³/mol. The maximum absolute atomic E-state index is 14.3. The molecule has 0 spiro atoms. The number of fused-ring (bicyclic) bond motifs is 1. The Labute approximate surface area is 177 Å². The van der Waals surface area contributed by atoms with Gasteiger partial charge in [0.25, 0.3) is 0 Å². The average Bonchev–Trinajstić information content (AvgIpc) is 3.34. The van der Waals surface area contributed by atoms with Crippen LogP contribution >= 0.6 is 11.8 Å². The molecule has 3 aromatic rings. The monoisotopic (exact) mass is 428 g/mol. The van der Waals surface area contributed by atoms with Gasteiger partial charge in [-0.2, -0.15) is 0 Å². The number of nitrogens with zero attached hydrogens (tertiary/aromatic N) is 3. The number of carbonyl (C=O) groups excluding carboxylic acids is 1. The van der Waals surface area contributed by atoms with E-state index in [4.69, 9.17) is 9.47 Å². The topological polar surface area (TPSA) is 78.3 Å². The van der Waals surface area contributed by atoms with Crippen LogP contribution in [0.3, 0.4) is 0 Å². The summed E-state index contributed by atoms with van der Waals surface area (Å²) < 4.78 is 26.8. The molecule has 4 rings (SSSR count). The Morgan fingerprint density at radius 2 is 1.90 bits per heavy atom. The largest absolute Gasteiger partial charge is 0.454 e. The van der Waals surface area contributed by atoms with Gasteiger partial charge in [0.15, 0.2) is 22.5 Å². The summed E-state index contributed by atoms with van der Waals surface area (Å²) in [7, 11) is 0. The summed E-state index contributed by atoms with van der Waals surface area (Å²) in [5.74, 6) is 1.14. The van der Waals surface area contributed by atoms with Gasteiger partial charge in [-0.15, -0.1) is 10.2 Å². The zero-order valence-corrected chi connectivity index (χ0v) is 17.6. The molecular weight excluding hydrogens is 407 g/mol. The number of carbonyl (C=O) groups is 1. The van der Waals surface area contributed by atoms with E-state index < -0.39 is 5.25 Å². The SMILES string of the molecule is CC(Sc1nnc(-c2ccccc2F)n1C(C)C)C(=O)Nc1ccc2c(c1)OCO2. The fourth-order valence-electron chi connectivity index (χ4n) is 3.08. The first-order chi connectivity index (χ1) is 14.4. The summed E-state index contributed by atoms with van der Waals surface area (Å²) in [4.78, 5) is 12.7. The van der Waals surface area contributed by atoms with Gasteiger partial charge in [0.05, 0.1) is 10.8 Å². The molecule has 1 unspecified atom stereocenters. The highest BCUT2D eigenvalue weighted by Crippen LogP contribution is 2.35. The molecule has 7 nitrogen and oxygen atoms in total. The molecule has 1 aliphatic rings. The van der Waals surface area contributed by atoms with Crippen LogP contribution in [-0.4, -0.2) is 32.7 Å². The van der Waals surface area contributed by atoms with Crippen molar-refractivity contribution in [1.82, 2.24) is 14.8 Å². The Bertz CT molecular complexity index is 1090. The minimum absolute atomic E-state index is 0.0128. The zero-order chi connectivity index (χ0) is 21.3. The van der Waals surface area contributed by atoms with Gasteiger partial charge in [-0.05, 0) is 45.0 Å². The highest BCUT2D eigenvalue weighted by atomic mass is 32.2. The molecule has 2 heterocycles. The lowest BCUT2D eigenvalue weighted by Gasteiger charge is -2.16. The molecule has 156 valence electrons. The Morgan fingerprint density at radius 1 is 1.13 bits per heavy atom. The minimum atomic E-state index is -0.453. The van der Waals surface area contributed by atoms with Crippen molar-refractivity contribution in [3.05, 3.63) is 48.3 Å². The number of nitrogens with one attached hydrogen (secondary N) is 1. The second kappa shape index (κ2) is 8.35. The third-order valence-corrected chi connectivity index (χ3v) is 5.64. The first kappa shape index (κ1) is 20.2.